The van der Waals surface area contributed by atoms with Gasteiger partial charge in [-0.05, 0) is 13.8 Å². The molecular formula is C9H14N2O2. The molecule has 2 amide bonds. The van der Waals surface area contributed by atoms with Gasteiger partial charge in [-0.15, -0.1) is 0 Å². The van der Waals surface area contributed by atoms with Crippen molar-refractivity contribution in [1.29, 1.82) is 0 Å². The molecule has 72 valence electrons. The number of likely N-dealkylation sites (tertiary alicyclic amines) is 1. The van der Waals surface area contributed by atoms with E-state index in [1.165, 1.54) is 4.90 Å². The van der Waals surface area contributed by atoms with E-state index in [1.54, 1.807) is 0 Å². The molecule has 2 aliphatic heterocycles. The maximum atomic E-state index is 11.7. The second kappa shape index (κ2) is 2.80. The molecule has 0 aromatic carbocycles. The second-order valence-electron chi connectivity index (χ2n) is 4.01. The van der Waals surface area contributed by atoms with Crippen LogP contribution >= 0.6 is 0 Å². The first-order valence-corrected chi connectivity index (χ1v) is 4.70. The number of hydrogen-bond donors (Lipinski definition) is 1. The lowest BCUT2D eigenvalue weighted by atomic mass is 10.00. The number of carbonyl (C=O) groups excluding carboxylic acids is 2. The molecule has 0 aromatic rings. The summed E-state index contributed by atoms with van der Waals surface area (Å²) in [6.45, 7) is 5.09. The van der Waals surface area contributed by atoms with E-state index in [2.05, 4.69) is 5.32 Å². The van der Waals surface area contributed by atoms with E-state index < -0.39 is 0 Å². The summed E-state index contributed by atoms with van der Waals surface area (Å²) >= 11 is 0. The van der Waals surface area contributed by atoms with Gasteiger partial charge < -0.3 is 5.32 Å². The van der Waals surface area contributed by atoms with E-state index in [1.807, 2.05) is 13.8 Å². The number of rotatable bonds is 1. The first-order chi connectivity index (χ1) is 6.13. The number of hydrogen-bond acceptors (Lipinski definition) is 3. The lowest BCUT2D eigenvalue weighted by molar-refractivity contribution is -0.142. The first-order valence-electron chi connectivity index (χ1n) is 4.70. The molecule has 2 aliphatic rings. The largest absolute Gasteiger partial charge is 0.315 e. The minimum absolute atomic E-state index is 0.00519. The van der Waals surface area contributed by atoms with E-state index in [9.17, 15) is 9.59 Å². The zero-order chi connectivity index (χ0) is 9.59. The van der Waals surface area contributed by atoms with Gasteiger partial charge in [0.15, 0.2) is 0 Å². The number of fused-ring (bicyclic) bond motifs is 1. The minimum atomic E-state index is -0.0881. The molecule has 0 saturated carbocycles. The number of imide groups is 1. The number of nitrogens with one attached hydrogen (secondary N) is 1. The van der Waals surface area contributed by atoms with Crippen molar-refractivity contribution in [3.63, 3.8) is 0 Å². The van der Waals surface area contributed by atoms with Crippen LogP contribution in [0.25, 0.3) is 0 Å². The van der Waals surface area contributed by atoms with Crippen molar-refractivity contribution in [1.82, 2.24) is 10.2 Å². The van der Waals surface area contributed by atoms with E-state index in [-0.39, 0.29) is 29.7 Å². The molecule has 0 aliphatic carbocycles. The normalized spacial score (nSPS) is 33.3. The zero-order valence-corrected chi connectivity index (χ0v) is 7.91. The van der Waals surface area contributed by atoms with Crippen molar-refractivity contribution in [2.24, 2.45) is 11.8 Å². The van der Waals surface area contributed by atoms with E-state index in [0.29, 0.717) is 13.1 Å². The third-order valence-electron chi connectivity index (χ3n) is 2.84. The Morgan fingerprint density at radius 1 is 1.23 bits per heavy atom. The molecule has 0 aromatic heterocycles. The van der Waals surface area contributed by atoms with Crippen LogP contribution in [0, 0.1) is 11.8 Å². The molecule has 2 atom stereocenters. The number of carbonyl (C=O) groups is 2. The third kappa shape index (κ3) is 1.09. The van der Waals surface area contributed by atoms with Crippen LogP contribution in [0.15, 0.2) is 0 Å². The molecule has 1 N–H and O–H groups in total. The monoisotopic (exact) mass is 182 g/mol. The van der Waals surface area contributed by atoms with Gasteiger partial charge in [-0.1, -0.05) is 0 Å². The van der Waals surface area contributed by atoms with Crippen LogP contribution in [0.4, 0.5) is 0 Å². The van der Waals surface area contributed by atoms with Gasteiger partial charge in [0, 0.05) is 19.1 Å². The Hall–Kier alpha value is -0.900. The summed E-state index contributed by atoms with van der Waals surface area (Å²) in [6.07, 6.45) is 0. The van der Waals surface area contributed by atoms with E-state index in [0.717, 1.165) is 0 Å². The highest BCUT2D eigenvalue weighted by molar-refractivity contribution is 6.06. The third-order valence-corrected chi connectivity index (χ3v) is 2.84. The van der Waals surface area contributed by atoms with E-state index >= 15 is 0 Å². The molecule has 2 fully saturated rings. The number of amides is 2. The first kappa shape index (κ1) is 8.69. The average Bonchev–Trinajstić information content (AvgIpc) is 2.56. The minimum Gasteiger partial charge on any atom is -0.315 e. The van der Waals surface area contributed by atoms with Crippen LogP contribution in [0.2, 0.25) is 0 Å². The second-order valence-corrected chi connectivity index (χ2v) is 4.01. The topological polar surface area (TPSA) is 49.4 Å². The van der Waals surface area contributed by atoms with Crippen LogP contribution in [0.3, 0.4) is 0 Å². The molecule has 2 rings (SSSR count). The SMILES string of the molecule is CC(C)N1C(=O)[C@H]2CNC[C@@H]2C1=O. The van der Waals surface area contributed by atoms with E-state index in [4.69, 9.17) is 0 Å². The van der Waals surface area contributed by atoms with Crippen LogP contribution in [0.1, 0.15) is 13.8 Å². The number of nitrogens with zero attached hydrogens (tertiary/aromatic N) is 1. The summed E-state index contributed by atoms with van der Waals surface area (Å²) in [5.74, 6) is -0.158. The molecule has 4 heteroatoms. The lowest BCUT2D eigenvalue weighted by Crippen LogP contribution is -2.39. The summed E-state index contributed by atoms with van der Waals surface area (Å²) in [6, 6.07) is 0.00519. The molecule has 0 bridgehead atoms. The Kier molecular flexibility index (Phi) is 1.87. The van der Waals surface area contributed by atoms with Gasteiger partial charge in [-0.25, -0.2) is 0 Å². The predicted octanol–water partition coefficient (Wildman–Crippen LogP) is -0.401. The lowest BCUT2D eigenvalue weighted by Gasteiger charge is -2.19. The summed E-state index contributed by atoms with van der Waals surface area (Å²) in [4.78, 5) is 24.8. The molecule has 4 nitrogen and oxygen atoms in total. The zero-order valence-electron chi connectivity index (χ0n) is 7.91. The van der Waals surface area contributed by atoms with Gasteiger partial charge in [0.25, 0.3) is 0 Å². The van der Waals surface area contributed by atoms with Crippen molar-refractivity contribution < 1.29 is 9.59 Å². The molecular weight excluding hydrogens is 168 g/mol. The fraction of sp³-hybridized carbons (Fsp3) is 0.778. The Morgan fingerprint density at radius 2 is 1.69 bits per heavy atom. The van der Waals surface area contributed by atoms with Gasteiger partial charge in [0.05, 0.1) is 11.8 Å². The fourth-order valence-electron chi connectivity index (χ4n) is 2.17. The van der Waals surface area contributed by atoms with Crippen LogP contribution in [-0.4, -0.2) is 35.8 Å². The Morgan fingerprint density at radius 3 is 2.08 bits per heavy atom. The Labute approximate surface area is 77.3 Å². The highest BCUT2D eigenvalue weighted by Gasteiger charge is 2.50. The summed E-state index contributed by atoms with van der Waals surface area (Å²) in [5.41, 5.74) is 0. The van der Waals surface area contributed by atoms with Crippen molar-refractivity contribution in [3.05, 3.63) is 0 Å². The highest BCUT2D eigenvalue weighted by Crippen LogP contribution is 2.30. The van der Waals surface area contributed by atoms with Crippen molar-refractivity contribution in [3.8, 4) is 0 Å². The molecule has 2 saturated heterocycles. The molecule has 0 unspecified atom stereocenters. The summed E-state index contributed by atoms with van der Waals surface area (Å²) in [7, 11) is 0. The van der Waals surface area contributed by atoms with Crippen LogP contribution < -0.4 is 5.32 Å². The van der Waals surface area contributed by atoms with Crippen LogP contribution in [0.5, 0.6) is 0 Å². The van der Waals surface area contributed by atoms with Gasteiger partial charge in [-0.3, -0.25) is 14.5 Å². The quantitative estimate of drug-likeness (QED) is 0.561. The predicted molar refractivity (Wildman–Crippen MR) is 46.8 cm³/mol. The Balaban J connectivity index is 2.26. The Bertz CT molecular complexity index is 240. The van der Waals surface area contributed by atoms with Crippen molar-refractivity contribution >= 4 is 11.8 Å². The maximum absolute atomic E-state index is 11.7. The maximum Gasteiger partial charge on any atom is 0.234 e. The molecule has 2 heterocycles. The smallest absolute Gasteiger partial charge is 0.234 e. The molecule has 0 radical (unpaired) electrons. The van der Waals surface area contributed by atoms with Crippen LogP contribution in [-0.2, 0) is 9.59 Å². The highest BCUT2D eigenvalue weighted by atomic mass is 16.2. The van der Waals surface area contributed by atoms with Crippen molar-refractivity contribution in [2.45, 2.75) is 19.9 Å². The van der Waals surface area contributed by atoms with Gasteiger partial charge in [-0.2, -0.15) is 0 Å². The van der Waals surface area contributed by atoms with Crippen molar-refractivity contribution in [2.75, 3.05) is 13.1 Å². The summed E-state index contributed by atoms with van der Waals surface area (Å²) in [5, 5.41) is 3.08. The average molecular weight is 182 g/mol. The standard InChI is InChI=1S/C9H14N2O2/c1-5(2)11-8(12)6-3-10-4-7(6)9(11)13/h5-7,10H,3-4H2,1-2H3/t6-,7-/m0/s1. The fourth-order valence-corrected chi connectivity index (χ4v) is 2.17. The molecule has 0 spiro atoms. The van der Waals surface area contributed by atoms with Gasteiger partial charge in [0.2, 0.25) is 11.8 Å². The van der Waals surface area contributed by atoms with Gasteiger partial charge >= 0.3 is 0 Å². The van der Waals surface area contributed by atoms with Gasteiger partial charge in [0.1, 0.15) is 0 Å². The molecule has 13 heavy (non-hydrogen) atoms. The summed E-state index contributed by atoms with van der Waals surface area (Å²) < 4.78 is 0.